The first kappa shape index (κ1) is 25.2. The van der Waals surface area contributed by atoms with Crippen LogP contribution in [0.4, 0.5) is 30.7 Å². The van der Waals surface area contributed by atoms with Gasteiger partial charge in [-0.05, 0) is 41.1 Å². The summed E-state index contributed by atoms with van der Waals surface area (Å²) < 4.78 is 96.3. The number of rotatable bonds is 5. The first-order chi connectivity index (χ1) is 16.9. The van der Waals surface area contributed by atoms with E-state index in [-0.39, 0.29) is 35.5 Å². The van der Waals surface area contributed by atoms with Gasteiger partial charge in [0, 0.05) is 16.7 Å². The van der Waals surface area contributed by atoms with E-state index in [4.69, 9.17) is 4.84 Å². The Bertz CT molecular complexity index is 1380. The number of hydrogen-bond acceptors (Lipinski definition) is 4. The van der Waals surface area contributed by atoms with Gasteiger partial charge in [-0.3, -0.25) is 15.1 Å². The molecule has 0 fully saturated rings. The summed E-state index contributed by atoms with van der Waals surface area (Å²) >= 11 is 0. The Labute approximate surface area is 198 Å². The molecule has 1 atom stereocenters. The number of carbonyl (C=O) groups excluding carboxylic acids is 2. The highest BCUT2D eigenvalue weighted by Crippen LogP contribution is 2.49. The van der Waals surface area contributed by atoms with Gasteiger partial charge in [0.15, 0.2) is 0 Å². The molecule has 3 aromatic rings. The lowest BCUT2D eigenvalue weighted by molar-refractivity contribution is -0.269. The van der Waals surface area contributed by atoms with E-state index >= 15 is 0 Å². The number of carbonyl (C=O) groups is 2. The molecule has 4 rings (SSSR count). The average Bonchev–Trinajstić information content (AvgIpc) is 3.28. The Morgan fingerprint density at radius 3 is 2.33 bits per heavy atom. The van der Waals surface area contributed by atoms with Gasteiger partial charge in [0.05, 0.1) is 17.8 Å². The number of benzene rings is 3. The SMILES string of the molecule is O=CCNC(=O)c1ccc(C2=CC(c3cc(F)cc(C(F)(F)F)c3)(C(F)(F)F)ON2)c2ccccc12. The minimum absolute atomic E-state index is 0.0858. The Hall–Kier alpha value is -3.93. The van der Waals surface area contributed by atoms with Crippen molar-refractivity contribution in [1.82, 2.24) is 10.8 Å². The molecule has 1 aliphatic heterocycles. The van der Waals surface area contributed by atoms with Crippen LogP contribution in [0.25, 0.3) is 16.5 Å². The number of hydrogen-bond donors (Lipinski definition) is 2. The maximum atomic E-state index is 14.3. The molecule has 0 bridgehead atoms. The molecule has 0 aromatic heterocycles. The second-order valence-corrected chi connectivity index (χ2v) is 7.80. The van der Waals surface area contributed by atoms with Crippen LogP contribution in [0.3, 0.4) is 0 Å². The van der Waals surface area contributed by atoms with Crippen molar-refractivity contribution in [2.45, 2.75) is 18.0 Å². The van der Waals surface area contributed by atoms with E-state index in [1.165, 1.54) is 24.3 Å². The number of nitrogens with one attached hydrogen (secondary N) is 2. The van der Waals surface area contributed by atoms with Crippen LogP contribution in [0.15, 0.2) is 60.7 Å². The molecule has 1 heterocycles. The molecule has 3 aromatic carbocycles. The van der Waals surface area contributed by atoms with Crippen LogP contribution in [-0.2, 0) is 21.4 Å². The zero-order valence-electron chi connectivity index (χ0n) is 17.9. The van der Waals surface area contributed by atoms with Gasteiger partial charge in [0.1, 0.15) is 12.1 Å². The lowest BCUT2D eigenvalue weighted by Gasteiger charge is -2.29. The monoisotopic (exact) mass is 512 g/mol. The van der Waals surface area contributed by atoms with Crippen LogP contribution in [0, 0.1) is 5.82 Å². The third-order valence-corrected chi connectivity index (χ3v) is 5.55. The molecule has 0 spiro atoms. The Kier molecular flexibility index (Phi) is 6.25. The van der Waals surface area contributed by atoms with Gasteiger partial charge in [-0.15, -0.1) is 0 Å². The first-order valence-electron chi connectivity index (χ1n) is 10.2. The van der Waals surface area contributed by atoms with E-state index in [0.29, 0.717) is 29.2 Å². The molecule has 5 nitrogen and oxygen atoms in total. The van der Waals surface area contributed by atoms with Crippen molar-refractivity contribution in [3.63, 3.8) is 0 Å². The summed E-state index contributed by atoms with van der Waals surface area (Å²) in [5, 5.41) is 3.01. The number of alkyl halides is 6. The summed E-state index contributed by atoms with van der Waals surface area (Å²) in [5.74, 6) is -2.12. The van der Waals surface area contributed by atoms with Crippen LogP contribution < -0.4 is 10.8 Å². The van der Waals surface area contributed by atoms with Gasteiger partial charge < -0.3 is 10.1 Å². The molecule has 1 amide bonds. The number of amides is 1. The quantitative estimate of drug-likeness (QED) is 0.362. The third kappa shape index (κ3) is 4.39. The molecule has 36 heavy (non-hydrogen) atoms. The largest absolute Gasteiger partial charge is 0.428 e. The van der Waals surface area contributed by atoms with Gasteiger partial charge in [-0.1, -0.05) is 30.3 Å². The third-order valence-electron chi connectivity index (χ3n) is 5.55. The minimum Gasteiger partial charge on any atom is -0.345 e. The van der Waals surface area contributed by atoms with Crippen LogP contribution >= 0.6 is 0 Å². The standard InChI is InChI=1S/C24H15F7N2O3/c25-15-10-13(9-14(11-15)23(26,27)28)22(24(29,30)31)12-20(33-36-22)18-5-6-19(21(35)32-7-8-34)17-4-2-1-3-16(17)18/h1-6,8-12,33H,7H2,(H,32,35). The predicted molar refractivity (Wildman–Crippen MR) is 114 cm³/mol. The number of aldehydes is 1. The van der Waals surface area contributed by atoms with Crippen LogP contribution in [0.2, 0.25) is 0 Å². The van der Waals surface area contributed by atoms with Crippen molar-refractivity contribution in [3.05, 3.63) is 88.7 Å². The second kappa shape index (κ2) is 8.94. The highest BCUT2D eigenvalue weighted by atomic mass is 19.4. The normalized spacial score (nSPS) is 18.0. The minimum atomic E-state index is -5.29. The fraction of sp³-hybridized carbons (Fsp3) is 0.167. The Morgan fingerprint density at radius 2 is 1.69 bits per heavy atom. The van der Waals surface area contributed by atoms with Gasteiger partial charge in [-0.25, -0.2) is 4.39 Å². The summed E-state index contributed by atoms with van der Waals surface area (Å²) in [6.07, 6.45) is -9.39. The molecule has 188 valence electrons. The summed E-state index contributed by atoms with van der Waals surface area (Å²) in [6, 6.07) is 9.42. The molecule has 2 N–H and O–H groups in total. The van der Waals surface area contributed by atoms with Crippen molar-refractivity contribution in [2.75, 3.05) is 6.54 Å². The van der Waals surface area contributed by atoms with Crippen LogP contribution in [0.1, 0.15) is 27.0 Å². The predicted octanol–water partition coefficient (Wildman–Crippen LogP) is 5.26. The van der Waals surface area contributed by atoms with E-state index < -0.39 is 40.8 Å². The van der Waals surface area contributed by atoms with Gasteiger partial charge in [-0.2, -0.15) is 26.3 Å². The van der Waals surface area contributed by atoms with Gasteiger partial charge >= 0.3 is 12.4 Å². The zero-order chi connectivity index (χ0) is 26.3. The maximum absolute atomic E-state index is 14.3. The summed E-state index contributed by atoms with van der Waals surface area (Å²) in [5.41, 5.74) is -4.04. The number of halogens is 7. The van der Waals surface area contributed by atoms with Crippen molar-refractivity contribution in [3.8, 4) is 0 Å². The first-order valence-corrected chi connectivity index (χ1v) is 10.2. The van der Waals surface area contributed by atoms with E-state index in [9.17, 15) is 40.3 Å². The van der Waals surface area contributed by atoms with Crippen LogP contribution in [0.5, 0.6) is 0 Å². The van der Waals surface area contributed by atoms with E-state index in [0.717, 1.165) is 0 Å². The molecule has 1 aliphatic rings. The molecule has 0 saturated carbocycles. The van der Waals surface area contributed by atoms with Crippen molar-refractivity contribution in [1.29, 1.82) is 0 Å². The van der Waals surface area contributed by atoms with Crippen molar-refractivity contribution < 1.29 is 45.2 Å². The highest BCUT2D eigenvalue weighted by molar-refractivity contribution is 6.10. The smallest absolute Gasteiger partial charge is 0.345 e. The molecular formula is C24H15F7N2O3. The van der Waals surface area contributed by atoms with Gasteiger partial charge in [0.25, 0.3) is 5.91 Å². The molecule has 0 saturated heterocycles. The van der Waals surface area contributed by atoms with Crippen molar-refractivity contribution in [2.24, 2.45) is 0 Å². The number of fused-ring (bicyclic) bond motifs is 1. The maximum Gasteiger partial charge on any atom is 0.428 e. The fourth-order valence-electron chi connectivity index (χ4n) is 3.91. The summed E-state index contributed by atoms with van der Waals surface area (Å²) in [7, 11) is 0. The summed E-state index contributed by atoms with van der Waals surface area (Å²) in [6.45, 7) is -0.253. The second-order valence-electron chi connectivity index (χ2n) is 7.80. The molecule has 0 aliphatic carbocycles. The fourth-order valence-corrected chi connectivity index (χ4v) is 3.91. The number of hydroxylamine groups is 1. The van der Waals surface area contributed by atoms with Crippen LogP contribution in [-0.4, -0.2) is 24.9 Å². The zero-order valence-corrected chi connectivity index (χ0v) is 17.9. The highest BCUT2D eigenvalue weighted by Gasteiger charge is 2.60. The topological polar surface area (TPSA) is 67.4 Å². The Balaban J connectivity index is 1.88. The average molecular weight is 512 g/mol. The van der Waals surface area contributed by atoms with E-state index in [1.807, 2.05) is 0 Å². The molecule has 1 unspecified atom stereocenters. The van der Waals surface area contributed by atoms with Gasteiger partial charge in [0.2, 0.25) is 5.60 Å². The van der Waals surface area contributed by atoms with Crippen molar-refractivity contribution >= 4 is 28.7 Å². The lowest BCUT2D eigenvalue weighted by Crippen LogP contribution is -2.42. The van der Waals surface area contributed by atoms with E-state index in [2.05, 4.69) is 10.8 Å². The molecule has 0 radical (unpaired) electrons. The molecular weight excluding hydrogens is 497 g/mol. The summed E-state index contributed by atoms with van der Waals surface area (Å²) in [4.78, 5) is 27.8. The Morgan fingerprint density at radius 1 is 1.00 bits per heavy atom. The molecule has 12 heteroatoms. The van der Waals surface area contributed by atoms with E-state index in [1.54, 1.807) is 12.1 Å². The lowest BCUT2D eigenvalue weighted by atomic mass is 9.89.